The van der Waals surface area contributed by atoms with E-state index in [1.807, 2.05) is 12.1 Å². The third-order valence-electron chi connectivity index (χ3n) is 3.59. The fourth-order valence-corrected chi connectivity index (χ4v) is 3.79. The standard InChI is InChI=1S/C15H16ClFN2S.ClH/c16-13-10-11(17)3-4-12(13)15(14-2-1-9-20-14)19-7-5-18-6-8-19;/h1-4,9-10,15,18H,5-8H2;1H/t15-;/m0./s1. The van der Waals surface area contributed by atoms with Crippen LogP contribution in [0.25, 0.3) is 0 Å². The minimum Gasteiger partial charge on any atom is -0.314 e. The maximum absolute atomic E-state index is 13.3. The highest BCUT2D eigenvalue weighted by molar-refractivity contribution is 7.10. The summed E-state index contributed by atoms with van der Waals surface area (Å²) >= 11 is 8.00. The van der Waals surface area contributed by atoms with E-state index in [2.05, 4.69) is 21.7 Å². The van der Waals surface area contributed by atoms with Crippen LogP contribution in [0.2, 0.25) is 5.02 Å². The number of nitrogens with one attached hydrogen (secondary N) is 1. The average molecular weight is 347 g/mol. The van der Waals surface area contributed by atoms with Crippen LogP contribution in [-0.2, 0) is 0 Å². The van der Waals surface area contributed by atoms with Crippen LogP contribution in [-0.4, -0.2) is 31.1 Å². The zero-order valence-electron chi connectivity index (χ0n) is 11.4. The molecule has 114 valence electrons. The van der Waals surface area contributed by atoms with E-state index in [-0.39, 0.29) is 24.3 Å². The molecular formula is C15H17Cl2FN2S. The highest BCUT2D eigenvalue weighted by atomic mass is 35.5. The minimum absolute atomic E-state index is 0. The molecule has 2 nitrogen and oxygen atoms in total. The van der Waals surface area contributed by atoms with Crippen LogP contribution in [0.1, 0.15) is 16.5 Å². The lowest BCUT2D eigenvalue weighted by molar-refractivity contribution is 0.200. The number of rotatable bonds is 3. The second-order valence-electron chi connectivity index (χ2n) is 4.87. The van der Waals surface area contributed by atoms with Gasteiger partial charge in [0.1, 0.15) is 5.82 Å². The van der Waals surface area contributed by atoms with E-state index < -0.39 is 0 Å². The molecule has 3 rings (SSSR count). The number of nitrogens with zero attached hydrogens (tertiary/aromatic N) is 1. The molecule has 1 atom stereocenters. The molecule has 1 aromatic heterocycles. The van der Waals surface area contributed by atoms with Crippen molar-refractivity contribution >= 4 is 35.3 Å². The summed E-state index contributed by atoms with van der Waals surface area (Å²) < 4.78 is 13.3. The van der Waals surface area contributed by atoms with E-state index in [4.69, 9.17) is 11.6 Å². The van der Waals surface area contributed by atoms with Gasteiger partial charge in [-0.2, -0.15) is 0 Å². The van der Waals surface area contributed by atoms with E-state index >= 15 is 0 Å². The van der Waals surface area contributed by atoms with Gasteiger partial charge >= 0.3 is 0 Å². The van der Waals surface area contributed by atoms with Crippen molar-refractivity contribution in [1.29, 1.82) is 0 Å². The highest BCUT2D eigenvalue weighted by Gasteiger charge is 2.26. The molecule has 0 amide bonds. The highest BCUT2D eigenvalue weighted by Crippen LogP contribution is 2.36. The molecule has 1 N–H and O–H groups in total. The molecule has 21 heavy (non-hydrogen) atoms. The average Bonchev–Trinajstić information content (AvgIpc) is 2.97. The molecule has 1 aromatic carbocycles. The normalized spacial score (nSPS) is 17.2. The van der Waals surface area contributed by atoms with E-state index in [0.29, 0.717) is 5.02 Å². The number of piperazine rings is 1. The lowest BCUT2D eigenvalue weighted by Gasteiger charge is -2.35. The molecule has 0 spiro atoms. The predicted octanol–water partition coefficient (Wildman–Crippen LogP) is 3.96. The number of benzene rings is 1. The zero-order valence-corrected chi connectivity index (χ0v) is 13.8. The first-order chi connectivity index (χ1) is 9.75. The van der Waals surface area contributed by atoms with Crippen molar-refractivity contribution in [2.45, 2.75) is 6.04 Å². The van der Waals surface area contributed by atoms with Crippen molar-refractivity contribution in [2.24, 2.45) is 0 Å². The Kier molecular flexibility index (Phi) is 6.02. The fraction of sp³-hybridized carbons (Fsp3) is 0.333. The maximum Gasteiger partial charge on any atom is 0.124 e. The second-order valence-corrected chi connectivity index (χ2v) is 6.26. The van der Waals surface area contributed by atoms with Crippen LogP contribution in [0.15, 0.2) is 35.7 Å². The van der Waals surface area contributed by atoms with Crippen molar-refractivity contribution < 1.29 is 4.39 Å². The minimum atomic E-state index is -0.288. The van der Waals surface area contributed by atoms with Crippen LogP contribution < -0.4 is 5.32 Å². The van der Waals surface area contributed by atoms with Gasteiger partial charge in [-0.25, -0.2) is 4.39 Å². The molecule has 2 aromatic rings. The Balaban J connectivity index is 0.00000161. The summed E-state index contributed by atoms with van der Waals surface area (Å²) in [5.74, 6) is -0.288. The Hall–Kier alpha value is -0.650. The largest absolute Gasteiger partial charge is 0.314 e. The number of hydrogen-bond acceptors (Lipinski definition) is 3. The van der Waals surface area contributed by atoms with Crippen LogP contribution >= 0.6 is 35.3 Å². The summed E-state index contributed by atoms with van der Waals surface area (Å²) in [4.78, 5) is 3.65. The molecule has 0 saturated carbocycles. The van der Waals surface area contributed by atoms with E-state index in [1.165, 1.54) is 17.0 Å². The third kappa shape index (κ3) is 3.76. The topological polar surface area (TPSA) is 15.3 Å². The number of halogens is 3. The summed E-state index contributed by atoms with van der Waals surface area (Å²) in [6, 6.07) is 8.99. The Morgan fingerprint density at radius 3 is 2.62 bits per heavy atom. The molecule has 1 fully saturated rings. The van der Waals surface area contributed by atoms with Gasteiger partial charge in [0.25, 0.3) is 0 Å². The monoisotopic (exact) mass is 346 g/mol. The lowest BCUT2D eigenvalue weighted by atomic mass is 10.0. The van der Waals surface area contributed by atoms with Crippen molar-refractivity contribution in [1.82, 2.24) is 10.2 Å². The fourth-order valence-electron chi connectivity index (χ4n) is 2.64. The molecule has 0 aliphatic carbocycles. The van der Waals surface area contributed by atoms with Gasteiger partial charge in [-0.15, -0.1) is 23.7 Å². The van der Waals surface area contributed by atoms with Gasteiger partial charge in [-0.05, 0) is 29.1 Å². The van der Waals surface area contributed by atoms with Gasteiger partial charge in [0.2, 0.25) is 0 Å². The Bertz CT molecular complexity index is 571. The Morgan fingerprint density at radius 2 is 2.00 bits per heavy atom. The van der Waals surface area contributed by atoms with Crippen LogP contribution in [0.4, 0.5) is 4.39 Å². The summed E-state index contributed by atoms with van der Waals surface area (Å²) in [5, 5.41) is 5.93. The van der Waals surface area contributed by atoms with Crippen molar-refractivity contribution in [3.63, 3.8) is 0 Å². The first kappa shape index (κ1) is 16.7. The van der Waals surface area contributed by atoms with Gasteiger partial charge in [-0.3, -0.25) is 4.90 Å². The first-order valence-corrected chi connectivity index (χ1v) is 7.94. The van der Waals surface area contributed by atoms with Crippen molar-refractivity contribution in [3.8, 4) is 0 Å². The molecular weight excluding hydrogens is 330 g/mol. The summed E-state index contributed by atoms with van der Waals surface area (Å²) in [5.41, 5.74) is 0.984. The second kappa shape index (κ2) is 7.56. The van der Waals surface area contributed by atoms with Crippen molar-refractivity contribution in [3.05, 3.63) is 57.0 Å². The predicted molar refractivity (Wildman–Crippen MR) is 89.3 cm³/mol. The van der Waals surface area contributed by atoms with Gasteiger partial charge < -0.3 is 5.32 Å². The lowest BCUT2D eigenvalue weighted by Crippen LogP contribution is -2.45. The molecule has 2 heterocycles. The van der Waals surface area contributed by atoms with E-state index in [9.17, 15) is 4.39 Å². The maximum atomic E-state index is 13.3. The first-order valence-electron chi connectivity index (χ1n) is 6.69. The zero-order chi connectivity index (χ0) is 13.9. The summed E-state index contributed by atoms with van der Waals surface area (Å²) in [7, 11) is 0. The molecule has 0 radical (unpaired) electrons. The van der Waals surface area contributed by atoms with Gasteiger partial charge in [0, 0.05) is 36.1 Å². The van der Waals surface area contributed by atoms with Crippen LogP contribution in [0.3, 0.4) is 0 Å². The smallest absolute Gasteiger partial charge is 0.124 e. The summed E-state index contributed by atoms with van der Waals surface area (Å²) in [6.07, 6.45) is 0. The molecule has 1 aliphatic heterocycles. The van der Waals surface area contributed by atoms with Crippen LogP contribution in [0, 0.1) is 5.82 Å². The van der Waals surface area contributed by atoms with Gasteiger partial charge in [-0.1, -0.05) is 23.7 Å². The van der Waals surface area contributed by atoms with E-state index in [0.717, 1.165) is 31.7 Å². The molecule has 1 aliphatic rings. The Labute approximate surface area is 139 Å². The molecule has 6 heteroatoms. The van der Waals surface area contributed by atoms with E-state index in [1.54, 1.807) is 11.3 Å². The SMILES string of the molecule is Cl.Fc1ccc([C@@H](c2cccs2)N2CCNCC2)c(Cl)c1. The number of hydrogen-bond donors (Lipinski definition) is 1. The summed E-state index contributed by atoms with van der Waals surface area (Å²) in [6.45, 7) is 3.88. The van der Waals surface area contributed by atoms with Gasteiger partial charge in [0.15, 0.2) is 0 Å². The van der Waals surface area contributed by atoms with Gasteiger partial charge in [0.05, 0.1) is 6.04 Å². The molecule has 0 bridgehead atoms. The third-order valence-corrected chi connectivity index (χ3v) is 4.84. The Morgan fingerprint density at radius 1 is 1.24 bits per heavy atom. The quantitative estimate of drug-likeness (QED) is 0.904. The molecule has 1 saturated heterocycles. The van der Waals surface area contributed by atoms with Crippen molar-refractivity contribution in [2.75, 3.05) is 26.2 Å². The van der Waals surface area contributed by atoms with Crippen LogP contribution in [0.5, 0.6) is 0 Å². The number of thiophene rings is 1. The molecule has 0 unspecified atom stereocenters.